The summed E-state index contributed by atoms with van der Waals surface area (Å²) in [4.78, 5) is 14.3. The van der Waals surface area contributed by atoms with Gasteiger partial charge in [-0.3, -0.25) is 0 Å². The summed E-state index contributed by atoms with van der Waals surface area (Å²) in [5.74, 6) is -1.08. The van der Waals surface area contributed by atoms with Crippen LogP contribution in [0, 0.1) is 11.3 Å². The third-order valence-electron chi connectivity index (χ3n) is 1.95. The van der Waals surface area contributed by atoms with Gasteiger partial charge in [-0.1, -0.05) is 12.1 Å². The maximum Gasteiger partial charge on any atom is 0.328 e. The third-order valence-corrected chi connectivity index (χ3v) is 1.95. The number of carboxylic acids is 1. The molecular formula is C11H6N2O3. The molecule has 5 heteroatoms. The fourth-order valence-corrected chi connectivity index (χ4v) is 1.31. The number of fused-ring (bicyclic) bond motifs is 1. The Morgan fingerprint density at radius 3 is 3.06 bits per heavy atom. The molecule has 0 saturated heterocycles. The Morgan fingerprint density at radius 2 is 2.38 bits per heavy atom. The molecule has 0 radical (unpaired) electrons. The summed E-state index contributed by atoms with van der Waals surface area (Å²) in [6.07, 6.45) is 2.40. The lowest BCUT2D eigenvalue weighted by atomic mass is 10.2. The summed E-state index contributed by atoms with van der Waals surface area (Å²) in [5.41, 5.74) is 1.52. The number of nitriles is 1. The van der Waals surface area contributed by atoms with Gasteiger partial charge in [-0.05, 0) is 12.1 Å². The molecule has 2 aromatic rings. The van der Waals surface area contributed by atoms with E-state index in [9.17, 15) is 4.79 Å². The highest BCUT2D eigenvalue weighted by molar-refractivity contribution is 5.90. The lowest BCUT2D eigenvalue weighted by molar-refractivity contribution is -0.131. The highest BCUT2D eigenvalue weighted by Crippen LogP contribution is 2.20. The molecule has 0 saturated carbocycles. The summed E-state index contributed by atoms with van der Waals surface area (Å²) >= 11 is 0. The number of nitrogens with zero attached hydrogens (tertiary/aromatic N) is 2. The Labute approximate surface area is 90.2 Å². The highest BCUT2D eigenvalue weighted by atomic mass is 16.4. The Bertz CT molecular complexity index is 620. The van der Waals surface area contributed by atoms with Crippen LogP contribution in [0.5, 0.6) is 0 Å². The van der Waals surface area contributed by atoms with Crippen molar-refractivity contribution in [2.24, 2.45) is 0 Å². The second-order valence-corrected chi connectivity index (χ2v) is 3.00. The molecule has 2 rings (SSSR count). The maximum absolute atomic E-state index is 10.4. The van der Waals surface area contributed by atoms with Crippen LogP contribution in [0.1, 0.15) is 11.5 Å². The van der Waals surface area contributed by atoms with Crippen LogP contribution in [0.2, 0.25) is 0 Å². The smallest absolute Gasteiger partial charge is 0.328 e. The molecule has 1 aromatic carbocycles. The van der Waals surface area contributed by atoms with Gasteiger partial charge in [-0.15, -0.1) is 0 Å². The number of aliphatic carboxylic acids is 1. The van der Waals surface area contributed by atoms with Gasteiger partial charge in [-0.2, -0.15) is 10.2 Å². The van der Waals surface area contributed by atoms with E-state index in [4.69, 9.17) is 14.8 Å². The van der Waals surface area contributed by atoms with E-state index in [1.165, 1.54) is 6.08 Å². The summed E-state index contributed by atoms with van der Waals surface area (Å²) in [6, 6.07) is 6.89. The number of aromatic nitrogens is 1. The molecule has 5 nitrogen and oxygen atoms in total. The average Bonchev–Trinajstić information content (AvgIpc) is 2.69. The van der Waals surface area contributed by atoms with E-state index < -0.39 is 5.97 Å². The van der Waals surface area contributed by atoms with E-state index in [0.717, 1.165) is 6.08 Å². The van der Waals surface area contributed by atoms with Gasteiger partial charge in [0.05, 0.1) is 0 Å². The Balaban J connectivity index is 2.58. The number of rotatable bonds is 2. The van der Waals surface area contributed by atoms with E-state index in [-0.39, 0.29) is 5.89 Å². The molecule has 0 spiro atoms. The van der Waals surface area contributed by atoms with Crippen molar-refractivity contribution in [2.45, 2.75) is 0 Å². The van der Waals surface area contributed by atoms with Crippen LogP contribution in [0.3, 0.4) is 0 Å². The lowest BCUT2D eigenvalue weighted by Crippen LogP contribution is -1.85. The Morgan fingerprint density at radius 1 is 1.56 bits per heavy atom. The van der Waals surface area contributed by atoms with Gasteiger partial charge in [0.2, 0.25) is 0 Å². The molecule has 78 valence electrons. The van der Waals surface area contributed by atoms with E-state index in [2.05, 4.69) is 4.98 Å². The predicted molar refractivity (Wildman–Crippen MR) is 55.4 cm³/mol. The minimum Gasteiger partial charge on any atom is -0.478 e. The Kier molecular flexibility index (Phi) is 2.40. The van der Waals surface area contributed by atoms with Crippen molar-refractivity contribution in [3.63, 3.8) is 0 Å². The van der Waals surface area contributed by atoms with Crippen LogP contribution in [-0.4, -0.2) is 16.1 Å². The first kappa shape index (κ1) is 9.93. The number of oxazole rings is 1. The first-order valence-electron chi connectivity index (χ1n) is 4.41. The fraction of sp³-hybridized carbons (Fsp3) is 0. The monoisotopic (exact) mass is 214 g/mol. The van der Waals surface area contributed by atoms with Gasteiger partial charge < -0.3 is 9.52 Å². The van der Waals surface area contributed by atoms with Crippen LogP contribution >= 0.6 is 0 Å². The van der Waals surface area contributed by atoms with Crippen molar-refractivity contribution in [2.75, 3.05) is 0 Å². The molecule has 1 N–H and O–H groups in total. The largest absolute Gasteiger partial charge is 0.478 e. The number of benzene rings is 1. The van der Waals surface area contributed by atoms with E-state index in [1.54, 1.807) is 24.3 Å². The molecular weight excluding hydrogens is 208 g/mol. The quantitative estimate of drug-likeness (QED) is 0.770. The Hall–Kier alpha value is -2.61. The zero-order chi connectivity index (χ0) is 11.5. The number of para-hydroxylation sites is 1. The van der Waals surface area contributed by atoms with E-state index in [0.29, 0.717) is 16.7 Å². The normalized spacial score (nSPS) is 10.7. The molecule has 0 unspecified atom stereocenters. The molecule has 0 atom stereocenters. The summed E-state index contributed by atoms with van der Waals surface area (Å²) in [6.45, 7) is 0. The summed E-state index contributed by atoms with van der Waals surface area (Å²) < 4.78 is 5.16. The van der Waals surface area contributed by atoms with Gasteiger partial charge >= 0.3 is 11.9 Å². The minimum atomic E-state index is -1.04. The minimum absolute atomic E-state index is 0.0359. The summed E-state index contributed by atoms with van der Waals surface area (Å²) in [5, 5.41) is 17.1. The molecule has 1 heterocycles. The van der Waals surface area contributed by atoms with Crippen molar-refractivity contribution in [1.82, 2.24) is 4.98 Å². The predicted octanol–water partition coefficient (Wildman–Crippen LogP) is 1.80. The standard InChI is InChI=1S/C11H6N2O3/c12-6-9-13-8-3-1-2-7(11(8)16-9)4-5-10(14)15/h1-5H,(H,14,15)/b5-4+. The van der Waals surface area contributed by atoms with Gasteiger partial charge in [0.15, 0.2) is 11.7 Å². The van der Waals surface area contributed by atoms with Crippen LogP contribution in [0.4, 0.5) is 0 Å². The summed E-state index contributed by atoms with van der Waals surface area (Å²) in [7, 11) is 0. The molecule has 0 fully saturated rings. The van der Waals surface area contributed by atoms with Gasteiger partial charge in [0.1, 0.15) is 5.52 Å². The molecule has 16 heavy (non-hydrogen) atoms. The molecule has 0 amide bonds. The average molecular weight is 214 g/mol. The first-order valence-corrected chi connectivity index (χ1v) is 4.41. The zero-order valence-electron chi connectivity index (χ0n) is 8.04. The zero-order valence-corrected chi connectivity index (χ0v) is 8.04. The van der Waals surface area contributed by atoms with Crippen molar-refractivity contribution in [1.29, 1.82) is 5.26 Å². The van der Waals surface area contributed by atoms with Crippen LogP contribution < -0.4 is 0 Å². The van der Waals surface area contributed by atoms with Crippen molar-refractivity contribution < 1.29 is 14.3 Å². The highest BCUT2D eigenvalue weighted by Gasteiger charge is 2.07. The number of hydrogen-bond acceptors (Lipinski definition) is 4. The van der Waals surface area contributed by atoms with Gasteiger partial charge in [-0.25, -0.2) is 4.79 Å². The molecule has 0 aliphatic heterocycles. The van der Waals surface area contributed by atoms with Gasteiger partial charge in [0, 0.05) is 11.6 Å². The van der Waals surface area contributed by atoms with Crippen molar-refractivity contribution in [3.8, 4) is 6.07 Å². The molecule has 0 aliphatic rings. The van der Waals surface area contributed by atoms with E-state index in [1.807, 2.05) is 0 Å². The second kappa shape index (κ2) is 3.87. The number of carboxylic acid groups (broad SMARTS) is 1. The van der Waals surface area contributed by atoms with Crippen LogP contribution in [0.15, 0.2) is 28.7 Å². The first-order chi connectivity index (χ1) is 7.70. The van der Waals surface area contributed by atoms with Crippen molar-refractivity contribution >= 4 is 23.1 Å². The molecule has 0 bridgehead atoms. The maximum atomic E-state index is 10.4. The number of hydrogen-bond donors (Lipinski definition) is 1. The second-order valence-electron chi connectivity index (χ2n) is 3.00. The SMILES string of the molecule is N#Cc1nc2cccc(/C=C/C(=O)O)c2o1. The van der Waals surface area contributed by atoms with Crippen LogP contribution in [0.25, 0.3) is 17.2 Å². The molecule has 0 aliphatic carbocycles. The fourth-order valence-electron chi connectivity index (χ4n) is 1.31. The third kappa shape index (κ3) is 1.77. The van der Waals surface area contributed by atoms with Crippen LogP contribution in [-0.2, 0) is 4.79 Å². The molecule has 1 aromatic heterocycles. The van der Waals surface area contributed by atoms with E-state index >= 15 is 0 Å². The topological polar surface area (TPSA) is 87.1 Å². The lowest BCUT2D eigenvalue weighted by Gasteiger charge is -1.92. The van der Waals surface area contributed by atoms with Crippen molar-refractivity contribution in [3.05, 3.63) is 35.7 Å². The number of carbonyl (C=O) groups is 1. The van der Waals surface area contributed by atoms with Gasteiger partial charge in [0.25, 0.3) is 0 Å².